The Morgan fingerprint density at radius 1 is 1.33 bits per heavy atom. The number of carbonyl (C=O) groups is 1. The number of Topliss-reactive ketones (excluding diaryl/α,β-unsaturated/α-hetero) is 1. The van der Waals surface area contributed by atoms with E-state index in [1.54, 1.807) is 6.92 Å². The Hall–Kier alpha value is -1.41. The van der Waals surface area contributed by atoms with Crippen molar-refractivity contribution in [2.45, 2.75) is 38.3 Å². The Balaban J connectivity index is 1.94. The average molecular weight is 241 g/mol. The van der Waals surface area contributed by atoms with Gasteiger partial charge in [-0.05, 0) is 50.4 Å². The van der Waals surface area contributed by atoms with Gasteiger partial charge in [-0.15, -0.1) is 0 Å². The van der Waals surface area contributed by atoms with E-state index >= 15 is 0 Å². The van der Waals surface area contributed by atoms with Gasteiger partial charge in [0, 0.05) is 17.6 Å². The van der Waals surface area contributed by atoms with Crippen molar-refractivity contribution >= 4 is 11.4 Å². The van der Waals surface area contributed by atoms with E-state index in [-0.39, 0.29) is 5.78 Å². The molecule has 2 unspecified atom stereocenters. The molecular formula is C16H19NO. The smallest absolute Gasteiger partial charge is 0.159 e. The normalized spacial score (nSPS) is 27.1. The van der Waals surface area contributed by atoms with Crippen LogP contribution in [-0.2, 0) is 0 Å². The minimum absolute atomic E-state index is 0.147. The van der Waals surface area contributed by atoms with E-state index in [0.717, 1.165) is 12.0 Å². The fourth-order valence-corrected chi connectivity index (χ4v) is 3.19. The van der Waals surface area contributed by atoms with Crippen LogP contribution in [0.5, 0.6) is 0 Å². The Bertz CT molecular complexity index is 518. The highest BCUT2D eigenvalue weighted by Crippen LogP contribution is 2.37. The summed E-state index contributed by atoms with van der Waals surface area (Å²) >= 11 is 0. The van der Waals surface area contributed by atoms with Crippen molar-refractivity contribution in [3.63, 3.8) is 0 Å². The average Bonchev–Trinajstić information content (AvgIpc) is 2.61. The molecule has 2 bridgehead atoms. The second kappa shape index (κ2) is 4.36. The van der Waals surface area contributed by atoms with Crippen molar-refractivity contribution in [2.75, 3.05) is 7.05 Å². The third-order valence-electron chi connectivity index (χ3n) is 4.38. The van der Waals surface area contributed by atoms with Crippen LogP contribution in [0.25, 0.3) is 5.57 Å². The number of benzene rings is 1. The molecule has 0 saturated carbocycles. The van der Waals surface area contributed by atoms with E-state index in [9.17, 15) is 4.79 Å². The number of hydrogen-bond donors (Lipinski definition) is 0. The van der Waals surface area contributed by atoms with Crippen LogP contribution in [0.2, 0.25) is 0 Å². The molecule has 1 aromatic rings. The largest absolute Gasteiger partial charge is 0.297 e. The topological polar surface area (TPSA) is 20.3 Å². The molecule has 1 aromatic carbocycles. The molecule has 0 N–H and O–H groups in total. The zero-order chi connectivity index (χ0) is 12.7. The quantitative estimate of drug-likeness (QED) is 0.741. The molecule has 2 aliphatic heterocycles. The van der Waals surface area contributed by atoms with Gasteiger partial charge in [0.1, 0.15) is 0 Å². The van der Waals surface area contributed by atoms with Gasteiger partial charge in [0.25, 0.3) is 0 Å². The minimum Gasteiger partial charge on any atom is -0.297 e. The van der Waals surface area contributed by atoms with Crippen LogP contribution in [0.1, 0.15) is 42.1 Å². The maximum absolute atomic E-state index is 11.4. The van der Waals surface area contributed by atoms with Crippen molar-refractivity contribution in [3.05, 3.63) is 41.5 Å². The minimum atomic E-state index is 0.147. The number of ketones is 1. The maximum atomic E-state index is 11.4. The Kier molecular flexibility index (Phi) is 2.83. The summed E-state index contributed by atoms with van der Waals surface area (Å²) in [5.41, 5.74) is 3.47. The van der Waals surface area contributed by atoms with Crippen molar-refractivity contribution < 1.29 is 4.79 Å². The zero-order valence-corrected chi connectivity index (χ0v) is 11.0. The van der Waals surface area contributed by atoms with E-state index in [1.165, 1.54) is 24.0 Å². The fourth-order valence-electron chi connectivity index (χ4n) is 3.19. The first-order chi connectivity index (χ1) is 8.65. The first kappa shape index (κ1) is 11.7. The van der Waals surface area contributed by atoms with Gasteiger partial charge in [-0.25, -0.2) is 0 Å². The van der Waals surface area contributed by atoms with Crippen molar-refractivity contribution in [1.29, 1.82) is 0 Å². The molecule has 1 fully saturated rings. The van der Waals surface area contributed by atoms with Crippen LogP contribution in [0.3, 0.4) is 0 Å². The summed E-state index contributed by atoms with van der Waals surface area (Å²) in [4.78, 5) is 13.9. The van der Waals surface area contributed by atoms with E-state index in [4.69, 9.17) is 0 Å². The third-order valence-corrected chi connectivity index (χ3v) is 4.38. The van der Waals surface area contributed by atoms with Crippen LogP contribution >= 0.6 is 0 Å². The van der Waals surface area contributed by atoms with Crippen LogP contribution in [0, 0.1) is 0 Å². The molecule has 0 amide bonds. The highest BCUT2D eigenvalue weighted by molar-refractivity contribution is 5.95. The summed E-state index contributed by atoms with van der Waals surface area (Å²) < 4.78 is 0. The lowest BCUT2D eigenvalue weighted by molar-refractivity contribution is 0.101. The lowest BCUT2D eigenvalue weighted by Gasteiger charge is -2.30. The summed E-state index contributed by atoms with van der Waals surface area (Å²) in [6.07, 6.45) is 6.09. The van der Waals surface area contributed by atoms with Crippen molar-refractivity contribution in [1.82, 2.24) is 4.90 Å². The standard InChI is InChI=1S/C16H19NO/c1-11(18)12-4-3-5-13(8-12)14-9-15-6-7-16(10-14)17(15)2/h3-5,8-9,15-16H,6-7,10H2,1-2H3. The third kappa shape index (κ3) is 1.91. The van der Waals surface area contributed by atoms with Crippen LogP contribution in [-0.4, -0.2) is 29.8 Å². The number of fused-ring (bicyclic) bond motifs is 2. The molecule has 2 atom stereocenters. The summed E-state index contributed by atoms with van der Waals surface area (Å²) in [5.74, 6) is 0.147. The molecular weight excluding hydrogens is 222 g/mol. The predicted octanol–water partition coefficient (Wildman–Crippen LogP) is 3.14. The second-order valence-electron chi connectivity index (χ2n) is 5.50. The Morgan fingerprint density at radius 3 is 2.89 bits per heavy atom. The lowest BCUT2D eigenvalue weighted by Crippen LogP contribution is -2.34. The highest BCUT2D eigenvalue weighted by Gasteiger charge is 2.33. The number of nitrogens with zero attached hydrogens (tertiary/aromatic N) is 1. The maximum Gasteiger partial charge on any atom is 0.159 e. The van der Waals surface area contributed by atoms with Crippen LogP contribution in [0.4, 0.5) is 0 Å². The van der Waals surface area contributed by atoms with Gasteiger partial charge in [0.05, 0.1) is 0 Å². The van der Waals surface area contributed by atoms with E-state index in [2.05, 4.69) is 24.1 Å². The van der Waals surface area contributed by atoms with Crippen molar-refractivity contribution in [3.8, 4) is 0 Å². The van der Waals surface area contributed by atoms with Gasteiger partial charge < -0.3 is 0 Å². The summed E-state index contributed by atoms with van der Waals surface area (Å²) in [6, 6.07) is 9.35. The summed E-state index contributed by atoms with van der Waals surface area (Å²) in [5, 5.41) is 0. The molecule has 94 valence electrons. The van der Waals surface area contributed by atoms with Crippen LogP contribution in [0.15, 0.2) is 30.3 Å². The number of carbonyl (C=O) groups excluding carboxylic acids is 1. The van der Waals surface area contributed by atoms with Gasteiger partial charge in [0.15, 0.2) is 5.78 Å². The molecule has 3 rings (SSSR count). The van der Waals surface area contributed by atoms with E-state index in [0.29, 0.717) is 12.1 Å². The van der Waals surface area contributed by atoms with Gasteiger partial charge in [-0.2, -0.15) is 0 Å². The monoisotopic (exact) mass is 241 g/mol. The second-order valence-corrected chi connectivity index (χ2v) is 5.50. The van der Waals surface area contributed by atoms with Crippen molar-refractivity contribution in [2.24, 2.45) is 0 Å². The molecule has 0 spiro atoms. The summed E-state index contributed by atoms with van der Waals surface area (Å²) in [6.45, 7) is 1.63. The molecule has 0 aromatic heterocycles. The molecule has 18 heavy (non-hydrogen) atoms. The van der Waals surface area contributed by atoms with Crippen LogP contribution < -0.4 is 0 Å². The number of likely N-dealkylation sites (N-methyl/N-ethyl adjacent to an activating group) is 1. The zero-order valence-electron chi connectivity index (χ0n) is 11.0. The lowest BCUT2D eigenvalue weighted by atomic mass is 9.93. The number of rotatable bonds is 2. The fraction of sp³-hybridized carbons (Fsp3) is 0.438. The molecule has 0 radical (unpaired) electrons. The Labute approximate surface area is 108 Å². The SMILES string of the molecule is CC(=O)c1cccc(C2=CC3CCC(C2)N3C)c1. The molecule has 2 nitrogen and oxygen atoms in total. The summed E-state index contributed by atoms with van der Waals surface area (Å²) in [7, 11) is 2.22. The predicted molar refractivity (Wildman–Crippen MR) is 73.6 cm³/mol. The first-order valence-corrected chi connectivity index (χ1v) is 6.69. The van der Waals surface area contributed by atoms with Gasteiger partial charge in [-0.3, -0.25) is 9.69 Å². The molecule has 2 heteroatoms. The molecule has 1 saturated heterocycles. The highest BCUT2D eigenvalue weighted by atomic mass is 16.1. The molecule has 0 aliphatic carbocycles. The van der Waals surface area contributed by atoms with E-state index in [1.807, 2.05) is 18.2 Å². The van der Waals surface area contributed by atoms with Gasteiger partial charge in [-0.1, -0.05) is 24.3 Å². The first-order valence-electron chi connectivity index (χ1n) is 6.69. The van der Waals surface area contributed by atoms with Gasteiger partial charge >= 0.3 is 0 Å². The molecule has 2 aliphatic rings. The Morgan fingerprint density at radius 2 is 2.17 bits per heavy atom. The van der Waals surface area contributed by atoms with E-state index < -0.39 is 0 Å². The number of hydrogen-bond acceptors (Lipinski definition) is 2. The van der Waals surface area contributed by atoms with Gasteiger partial charge in [0.2, 0.25) is 0 Å². The molecule has 2 heterocycles.